The second-order valence-electron chi connectivity index (χ2n) is 3.54. The first-order valence-corrected chi connectivity index (χ1v) is 4.94. The van der Waals surface area contributed by atoms with E-state index >= 15 is 0 Å². The van der Waals surface area contributed by atoms with Gasteiger partial charge in [0.15, 0.2) is 0 Å². The number of piperidine rings is 1. The van der Waals surface area contributed by atoms with E-state index in [1.807, 2.05) is 0 Å². The van der Waals surface area contributed by atoms with E-state index in [-0.39, 0.29) is 5.91 Å². The Kier molecular flexibility index (Phi) is 4.39. The minimum atomic E-state index is -0.432. The van der Waals surface area contributed by atoms with Crippen LogP contribution in [0.3, 0.4) is 0 Å². The zero-order valence-corrected chi connectivity index (χ0v) is 8.43. The van der Waals surface area contributed by atoms with Gasteiger partial charge in [-0.15, -0.1) is 0 Å². The quantitative estimate of drug-likeness (QED) is 0.578. The highest BCUT2D eigenvalue weighted by molar-refractivity contribution is 5.94. The van der Waals surface area contributed by atoms with E-state index in [0.717, 1.165) is 25.9 Å². The van der Waals surface area contributed by atoms with Crippen molar-refractivity contribution in [3.8, 4) is 0 Å². The molecule has 3 amide bonds. The molecule has 1 saturated heterocycles. The van der Waals surface area contributed by atoms with E-state index in [9.17, 15) is 9.59 Å². The maximum atomic E-state index is 11.3. The van der Waals surface area contributed by atoms with E-state index in [1.165, 1.54) is 7.05 Å². The van der Waals surface area contributed by atoms with Crippen molar-refractivity contribution in [1.82, 2.24) is 16.0 Å². The molecule has 5 nitrogen and oxygen atoms in total. The minimum absolute atomic E-state index is 0.196. The summed E-state index contributed by atoms with van der Waals surface area (Å²) in [5, 5.41) is 7.83. The Bertz CT molecular complexity index is 212. The van der Waals surface area contributed by atoms with Crippen molar-refractivity contribution >= 4 is 11.9 Å². The van der Waals surface area contributed by atoms with Crippen LogP contribution in [-0.4, -0.2) is 32.1 Å². The highest BCUT2D eigenvalue weighted by atomic mass is 16.2. The summed E-state index contributed by atoms with van der Waals surface area (Å²) in [6.07, 6.45) is 2.60. The molecule has 0 aromatic carbocycles. The summed E-state index contributed by atoms with van der Waals surface area (Å²) in [5.74, 6) is 0.173. The van der Waals surface area contributed by atoms with Gasteiger partial charge >= 0.3 is 6.03 Å². The van der Waals surface area contributed by atoms with Crippen molar-refractivity contribution in [2.24, 2.45) is 5.92 Å². The average molecular weight is 199 g/mol. The molecule has 1 heterocycles. The number of hydrogen-bond acceptors (Lipinski definition) is 3. The van der Waals surface area contributed by atoms with Gasteiger partial charge in [-0.05, 0) is 31.8 Å². The molecule has 0 aromatic heterocycles. The fraction of sp³-hybridized carbons (Fsp3) is 0.778. The van der Waals surface area contributed by atoms with Crippen molar-refractivity contribution in [2.45, 2.75) is 19.3 Å². The summed E-state index contributed by atoms with van der Waals surface area (Å²) in [5.41, 5.74) is 0. The van der Waals surface area contributed by atoms with Gasteiger partial charge in [0, 0.05) is 13.5 Å². The van der Waals surface area contributed by atoms with Crippen molar-refractivity contribution < 1.29 is 9.59 Å². The summed E-state index contributed by atoms with van der Waals surface area (Å²) in [4.78, 5) is 22.1. The van der Waals surface area contributed by atoms with Crippen LogP contribution in [0, 0.1) is 5.92 Å². The highest BCUT2D eigenvalue weighted by Crippen LogP contribution is 2.13. The number of imide groups is 1. The molecular formula is C9H17N3O2. The standard InChI is InChI=1S/C9H17N3O2/c1-10-9(14)12-8(13)5-7-3-2-4-11-6-7/h7,11H,2-6H2,1H3,(H2,10,12,13,14). The fourth-order valence-corrected chi connectivity index (χ4v) is 1.60. The van der Waals surface area contributed by atoms with E-state index in [2.05, 4.69) is 16.0 Å². The number of rotatable bonds is 2. The second kappa shape index (κ2) is 5.59. The summed E-state index contributed by atoms with van der Waals surface area (Å²) in [6.45, 7) is 1.91. The SMILES string of the molecule is CNC(=O)NC(=O)CC1CCCNC1. The first kappa shape index (κ1) is 11.0. The van der Waals surface area contributed by atoms with Crippen molar-refractivity contribution in [3.05, 3.63) is 0 Å². The largest absolute Gasteiger partial charge is 0.341 e. The zero-order chi connectivity index (χ0) is 10.4. The van der Waals surface area contributed by atoms with Crippen LogP contribution in [0.25, 0.3) is 0 Å². The van der Waals surface area contributed by atoms with Gasteiger partial charge in [0.05, 0.1) is 0 Å². The molecule has 0 bridgehead atoms. The van der Waals surface area contributed by atoms with Gasteiger partial charge in [0.1, 0.15) is 0 Å². The van der Waals surface area contributed by atoms with Gasteiger partial charge in [-0.25, -0.2) is 4.79 Å². The molecular weight excluding hydrogens is 182 g/mol. The van der Waals surface area contributed by atoms with Gasteiger partial charge in [-0.3, -0.25) is 10.1 Å². The monoisotopic (exact) mass is 199 g/mol. The van der Waals surface area contributed by atoms with Gasteiger partial charge in [0.2, 0.25) is 5.91 Å². The van der Waals surface area contributed by atoms with E-state index in [4.69, 9.17) is 0 Å². The Labute approximate surface area is 83.6 Å². The average Bonchev–Trinajstić information content (AvgIpc) is 2.19. The molecule has 1 aliphatic heterocycles. The van der Waals surface area contributed by atoms with E-state index < -0.39 is 6.03 Å². The lowest BCUT2D eigenvalue weighted by atomic mass is 9.96. The molecule has 14 heavy (non-hydrogen) atoms. The van der Waals surface area contributed by atoms with Gasteiger partial charge in [-0.2, -0.15) is 0 Å². The Morgan fingerprint density at radius 3 is 2.86 bits per heavy atom. The van der Waals surface area contributed by atoms with Crippen LogP contribution in [0.5, 0.6) is 0 Å². The molecule has 1 rings (SSSR count). The number of nitrogens with one attached hydrogen (secondary N) is 3. The lowest BCUT2D eigenvalue weighted by Crippen LogP contribution is -2.40. The minimum Gasteiger partial charge on any atom is -0.341 e. The van der Waals surface area contributed by atoms with Crippen molar-refractivity contribution in [1.29, 1.82) is 0 Å². The van der Waals surface area contributed by atoms with E-state index in [1.54, 1.807) is 0 Å². The maximum Gasteiger partial charge on any atom is 0.321 e. The molecule has 80 valence electrons. The van der Waals surface area contributed by atoms with Gasteiger partial charge in [0.25, 0.3) is 0 Å². The topological polar surface area (TPSA) is 70.2 Å². The lowest BCUT2D eigenvalue weighted by Gasteiger charge is -2.21. The molecule has 1 atom stereocenters. The summed E-state index contributed by atoms with van der Waals surface area (Å²) >= 11 is 0. The molecule has 0 saturated carbocycles. The molecule has 0 radical (unpaired) electrons. The lowest BCUT2D eigenvalue weighted by molar-refractivity contribution is -0.121. The molecule has 1 unspecified atom stereocenters. The van der Waals surface area contributed by atoms with Crippen LogP contribution < -0.4 is 16.0 Å². The van der Waals surface area contributed by atoms with Crippen molar-refractivity contribution in [3.63, 3.8) is 0 Å². The number of amides is 3. The van der Waals surface area contributed by atoms with E-state index in [0.29, 0.717) is 12.3 Å². The predicted molar refractivity (Wildman–Crippen MR) is 52.8 cm³/mol. The maximum absolute atomic E-state index is 11.3. The summed E-state index contributed by atoms with van der Waals surface area (Å²) < 4.78 is 0. The third-order valence-electron chi connectivity index (χ3n) is 2.35. The van der Waals surface area contributed by atoms with Crippen LogP contribution >= 0.6 is 0 Å². The molecule has 0 aromatic rings. The van der Waals surface area contributed by atoms with Crippen LogP contribution in [0.1, 0.15) is 19.3 Å². The van der Waals surface area contributed by atoms with Crippen molar-refractivity contribution in [2.75, 3.05) is 20.1 Å². The number of carbonyl (C=O) groups excluding carboxylic acids is 2. The first-order valence-electron chi connectivity index (χ1n) is 4.94. The Hall–Kier alpha value is -1.10. The Morgan fingerprint density at radius 1 is 1.50 bits per heavy atom. The molecule has 5 heteroatoms. The molecule has 1 aliphatic rings. The Morgan fingerprint density at radius 2 is 2.29 bits per heavy atom. The highest BCUT2D eigenvalue weighted by Gasteiger charge is 2.17. The first-order chi connectivity index (χ1) is 6.72. The molecule has 0 aliphatic carbocycles. The van der Waals surface area contributed by atoms with Gasteiger partial charge in [-0.1, -0.05) is 0 Å². The zero-order valence-electron chi connectivity index (χ0n) is 8.43. The summed E-state index contributed by atoms with van der Waals surface area (Å²) in [7, 11) is 1.49. The van der Waals surface area contributed by atoms with Crippen LogP contribution in [0.15, 0.2) is 0 Å². The normalized spacial score (nSPS) is 21.4. The molecule has 3 N–H and O–H groups in total. The summed E-state index contributed by atoms with van der Waals surface area (Å²) in [6, 6.07) is -0.432. The number of hydrogen-bond donors (Lipinski definition) is 3. The van der Waals surface area contributed by atoms with Gasteiger partial charge < -0.3 is 10.6 Å². The van der Waals surface area contributed by atoms with Crippen LogP contribution in [-0.2, 0) is 4.79 Å². The smallest absolute Gasteiger partial charge is 0.321 e. The predicted octanol–water partition coefficient (Wildman–Crippen LogP) is -0.168. The second-order valence-corrected chi connectivity index (χ2v) is 3.54. The Balaban J connectivity index is 2.21. The molecule has 0 spiro atoms. The fourth-order valence-electron chi connectivity index (χ4n) is 1.60. The van der Waals surface area contributed by atoms with Crippen LogP contribution in [0.2, 0.25) is 0 Å². The third kappa shape index (κ3) is 3.74. The number of carbonyl (C=O) groups is 2. The number of urea groups is 1. The third-order valence-corrected chi connectivity index (χ3v) is 2.35. The molecule has 1 fully saturated rings. The van der Waals surface area contributed by atoms with Crippen LogP contribution in [0.4, 0.5) is 4.79 Å².